The van der Waals surface area contributed by atoms with Crippen LogP contribution < -0.4 is 0 Å². The summed E-state index contributed by atoms with van der Waals surface area (Å²) in [7, 11) is 0. The van der Waals surface area contributed by atoms with Gasteiger partial charge >= 0.3 is 5.97 Å². The lowest BCUT2D eigenvalue weighted by molar-refractivity contribution is 0.0518. The minimum Gasteiger partial charge on any atom is -0.461 e. The van der Waals surface area contributed by atoms with E-state index in [1.54, 1.807) is 6.92 Å². The molecule has 0 aliphatic carbocycles. The second-order valence-electron chi connectivity index (χ2n) is 8.13. The molecule has 0 spiro atoms. The van der Waals surface area contributed by atoms with Gasteiger partial charge in [0.1, 0.15) is 0 Å². The van der Waals surface area contributed by atoms with Crippen molar-refractivity contribution in [2.75, 3.05) is 6.61 Å². The summed E-state index contributed by atoms with van der Waals surface area (Å²) in [6.07, 6.45) is 0.645. The van der Waals surface area contributed by atoms with E-state index in [2.05, 4.69) is 46.3 Å². The van der Waals surface area contributed by atoms with Gasteiger partial charge in [0, 0.05) is 22.0 Å². The van der Waals surface area contributed by atoms with Crippen LogP contribution in [0.25, 0.3) is 0 Å². The largest absolute Gasteiger partial charge is 0.461 e. The van der Waals surface area contributed by atoms with Crippen molar-refractivity contribution in [3.63, 3.8) is 0 Å². The molecule has 1 atom stereocenters. The van der Waals surface area contributed by atoms with Crippen LogP contribution in [0.5, 0.6) is 0 Å². The molecule has 1 unspecified atom stereocenters. The average Bonchev–Trinajstić information content (AvgIpc) is 3.06. The summed E-state index contributed by atoms with van der Waals surface area (Å²) >= 11 is 16.2. The molecule has 0 aliphatic heterocycles. The Bertz CT molecular complexity index is 1140. The highest BCUT2D eigenvalue weighted by molar-refractivity contribution is 9.10. The van der Waals surface area contributed by atoms with Gasteiger partial charge in [0.05, 0.1) is 12.3 Å². The summed E-state index contributed by atoms with van der Waals surface area (Å²) in [6, 6.07) is 11.8. The van der Waals surface area contributed by atoms with Gasteiger partial charge in [0.15, 0.2) is 10.4 Å². The second kappa shape index (κ2) is 10.4. The third kappa shape index (κ3) is 5.22. The van der Waals surface area contributed by atoms with Crippen LogP contribution in [0.4, 0.5) is 0 Å². The van der Waals surface area contributed by atoms with Crippen LogP contribution in [0.1, 0.15) is 71.2 Å². The van der Waals surface area contributed by atoms with Crippen LogP contribution in [0.15, 0.2) is 41.1 Å². The second-order valence-corrected chi connectivity index (χ2v) is 9.71. The van der Waals surface area contributed by atoms with E-state index in [0.29, 0.717) is 26.9 Å². The molecular formula is C25H27BrCl2N2O2. The molecule has 0 fully saturated rings. The fraction of sp³-hybridized carbons (Fsp3) is 0.360. The van der Waals surface area contributed by atoms with Gasteiger partial charge in [-0.25, -0.2) is 9.78 Å². The number of hydrogen-bond acceptors (Lipinski definition) is 3. The van der Waals surface area contributed by atoms with Crippen LogP contribution in [-0.2, 0) is 11.2 Å². The summed E-state index contributed by atoms with van der Waals surface area (Å²) < 4.78 is 8.03. The Morgan fingerprint density at radius 3 is 2.38 bits per heavy atom. The lowest BCUT2D eigenvalue weighted by Gasteiger charge is -2.25. The quantitative estimate of drug-likeness (QED) is 0.290. The van der Waals surface area contributed by atoms with Crippen LogP contribution >= 0.6 is 39.1 Å². The van der Waals surface area contributed by atoms with E-state index in [0.717, 1.165) is 27.9 Å². The minimum atomic E-state index is -0.429. The normalized spacial score (nSPS) is 12.3. The summed E-state index contributed by atoms with van der Waals surface area (Å²) in [5.74, 6) is -0.591. The van der Waals surface area contributed by atoms with Crippen molar-refractivity contribution in [3.8, 4) is 0 Å². The summed E-state index contributed by atoms with van der Waals surface area (Å²) in [5.41, 5.74) is 5.51. The Hall–Kier alpha value is -1.82. The SMILES string of the molecule is CCOC(=O)c1nc(Br)n(C(C)C)c1C(Cc1cc(Cl)ccc1C)c1ccc(Cl)cc1C. The number of halogens is 3. The van der Waals surface area contributed by atoms with Crippen molar-refractivity contribution >= 4 is 45.1 Å². The zero-order chi connectivity index (χ0) is 23.6. The first-order valence-corrected chi connectivity index (χ1v) is 12.1. The molecule has 1 heterocycles. The number of aryl methyl sites for hydroxylation is 2. The lowest BCUT2D eigenvalue weighted by Crippen LogP contribution is -2.19. The number of carbonyl (C=O) groups excluding carboxylic acids is 1. The Kier molecular flexibility index (Phi) is 8.07. The van der Waals surface area contributed by atoms with E-state index >= 15 is 0 Å². The molecule has 0 radical (unpaired) electrons. The van der Waals surface area contributed by atoms with Gasteiger partial charge in [-0.15, -0.1) is 0 Å². The maximum atomic E-state index is 12.9. The Morgan fingerprint density at radius 2 is 1.75 bits per heavy atom. The van der Waals surface area contributed by atoms with E-state index in [1.807, 2.05) is 43.3 Å². The number of hydrogen-bond donors (Lipinski definition) is 0. The molecule has 170 valence electrons. The molecule has 2 aromatic carbocycles. The molecule has 7 heteroatoms. The minimum absolute atomic E-state index is 0.0746. The molecule has 0 saturated carbocycles. The molecule has 3 aromatic rings. The zero-order valence-electron chi connectivity index (χ0n) is 18.9. The van der Waals surface area contributed by atoms with Gasteiger partial charge in [-0.1, -0.05) is 35.3 Å². The van der Waals surface area contributed by atoms with Gasteiger partial charge in [-0.05, 0) is 103 Å². The van der Waals surface area contributed by atoms with Gasteiger partial charge in [0.25, 0.3) is 0 Å². The van der Waals surface area contributed by atoms with Crippen molar-refractivity contribution < 1.29 is 9.53 Å². The van der Waals surface area contributed by atoms with Gasteiger partial charge in [-0.3, -0.25) is 0 Å². The van der Waals surface area contributed by atoms with Crippen LogP contribution in [0.3, 0.4) is 0 Å². The van der Waals surface area contributed by atoms with Crippen molar-refractivity contribution in [3.05, 3.63) is 84.8 Å². The van der Waals surface area contributed by atoms with E-state index < -0.39 is 5.97 Å². The molecular weight excluding hydrogens is 511 g/mol. The van der Waals surface area contributed by atoms with Crippen molar-refractivity contribution in [2.24, 2.45) is 0 Å². The highest BCUT2D eigenvalue weighted by atomic mass is 79.9. The maximum absolute atomic E-state index is 12.9. The van der Waals surface area contributed by atoms with Crippen molar-refractivity contribution in [1.82, 2.24) is 9.55 Å². The van der Waals surface area contributed by atoms with E-state index in [9.17, 15) is 4.79 Å². The van der Waals surface area contributed by atoms with E-state index in [1.165, 1.54) is 0 Å². The summed E-state index contributed by atoms with van der Waals surface area (Å²) in [4.78, 5) is 17.5. The monoisotopic (exact) mass is 536 g/mol. The summed E-state index contributed by atoms with van der Waals surface area (Å²) in [5, 5.41) is 1.36. The fourth-order valence-corrected chi connectivity index (χ4v) is 5.25. The number of rotatable bonds is 7. The van der Waals surface area contributed by atoms with Crippen LogP contribution in [-0.4, -0.2) is 22.1 Å². The van der Waals surface area contributed by atoms with Crippen LogP contribution in [0, 0.1) is 13.8 Å². The third-order valence-electron chi connectivity index (χ3n) is 5.56. The van der Waals surface area contributed by atoms with Gasteiger partial charge in [0.2, 0.25) is 0 Å². The molecule has 0 amide bonds. The maximum Gasteiger partial charge on any atom is 0.358 e. The molecule has 32 heavy (non-hydrogen) atoms. The van der Waals surface area contributed by atoms with Gasteiger partial charge in [-0.2, -0.15) is 0 Å². The number of aromatic nitrogens is 2. The Morgan fingerprint density at radius 1 is 1.09 bits per heavy atom. The first-order valence-electron chi connectivity index (χ1n) is 10.6. The molecule has 4 nitrogen and oxygen atoms in total. The highest BCUT2D eigenvalue weighted by Crippen LogP contribution is 2.38. The number of ether oxygens (including phenoxy) is 1. The molecule has 0 saturated heterocycles. The molecule has 0 aliphatic rings. The predicted octanol–water partition coefficient (Wildman–Crippen LogP) is 7.70. The highest BCUT2D eigenvalue weighted by Gasteiger charge is 2.32. The van der Waals surface area contributed by atoms with Crippen molar-refractivity contribution in [1.29, 1.82) is 0 Å². The van der Waals surface area contributed by atoms with Gasteiger partial charge < -0.3 is 9.30 Å². The number of nitrogens with zero attached hydrogens (tertiary/aromatic N) is 2. The topological polar surface area (TPSA) is 44.1 Å². The average molecular weight is 538 g/mol. The summed E-state index contributed by atoms with van der Waals surface area (Å²) in [6.45, 7) is 10.3. The lowest BCUT2D eigenvalue weighted by atomic mass is 9.84. The standard InChI is InChI=1S/C25H27BrCl2N2O2/c1-6-32-24(31)22-23(30(14(2)3)25(26)29-22)21(20-10-9-18(27)11-16(20)5)13-17-12-19(28)8-7-15(17)4/h7-12,14,21H,6,13H2,1-5H3. The third-order valence-corrected chi connectivity index (χ3v) is 6.59. The zero-order valence-corrected chi connectivity index (χ0v) is 22.0. The first kappa shape index (κ1) is 24.8. The van der Waals surface area contributed by atoms with E-state index in [4.69, 9.17) is 27.9 Å². The fourth-order valence-electron chi connectivity index (χ4n) is 4.05. The molecule has 0 N–H and O–H groups in total. The smallest absolute Gasteiger partial charge is 0.358 e. The molecule has 0 bridgehead atoms. The number of esters is 1. The number of carbonyl (C=O) groups is 1. The number of imidazole rings is 1. The Labute approximate surface area is 208 Å². The molecule has 3 rings (SSSR count). The van der Waals surface area contributed by atoms with Crippen LogP contribution in [0.2, 0.25) is 10.0 Å². The van der Waals surface area contributed by atoms with E-state index in [-0.39, 0.29) is 18.6 Å². The predicted molar refractivity (Wildman–Crippen MR) is 134 cm³/mol. The molecule has 1 aromatic heterocycles. The Balaban J connectivity index is 2.30. The number of benzene rings is 2. The van der Waals surface area contributed by atoms with Crippen molar-refractivity contribution in [2.45, 2.75) is 53.0 Å². The first-order chi connectivity index (χ1) is 15.1.